The van der Waals surface area contributed by atoms with Crippen molar-refractivity contribution in [1.82, 2.24) is 0 Å². The maximum atomic E-state index is 9.66. The number of nitrogens with zero attached hydrogens (tertiary/aromatic N) is 1. The molecule has 0 spiro atoms. The van der Waals surface area contributed by atoms with Crippen molar-refractivity contribution in [2.75, 3.05) is 14.2 Å². The number of hydrogen-bond acceptors (Lipinski definition) is 4. The first-order valence-electron chi connectivity index (χ1n) is 4.15. The molecule has 0 radical (unpaired) electrons. The summed E-state index contributed by atoms with van der Waals surface area (Å²) in [6.45, 7) is 0. The van der Waals surface area contributed by atoms with Gasteiger partial charge in [-0.25, -0.2) is 0 Å². The Balaban J connectivity index is 3.40. The number of nitriles is 1. The van der Waals surface area contributed by atoms with Gasteiger partial charge < -0.3 is 14.6 Å². The van der Waals surface area contributed by atoms with E-state index in [0.717, 1.165) is 0 Å². The van der Waals surface area contributed by atoms with E-state index < -0.39 is 0 Å². The molecule has 0 aliphatic carbocycles. The van der Waals surface area contributed by atoms with Gasteiger partial charge in [0.1, 0.15) is 21.7 Å². The van der Waals surface area contributed by atoms with E-state index in [1.54, 1.807) is 0 Å². The predicted octanol–water partition coefficient (Wildman–Crippen LogP) is 2.24. The van der Waals surface area contributed by atoms with E-state index in [4.69, 9.17) is 14.7 Å². The van der Waals surface area contributed by atoms with Gasteiger partial charge in [-0.1, -0.05) is 0 Å². The molecule has 0 unspecified atom stereocenters. The number of rotatable bonds is 3. The average Bonchev–Trinajstić information content (AvgIpc) is 2.23. The van der Waals surface area contributed by atoms with Gasteiger partial charge in [0.25, 0.3) is 0 Å². The highest BCUT2D eigenvalue weighted by atomic mass is 79.9. The first-order valence-corrected chi connectivity index (χ1v) is 4.94. The van der Waals surface area contributed by atoms with Crippen molar-refractivity contribution in [3.8, 4) is 23.3 Å². The fourth-order valence-electron chi connectivity index (χ4n) is 1.25. The van der Waals surface area contributed by atoms with Crippen LogP contribution in [0.5, 0.6) is 17.2 Å². The first-order chi connectivity index (χ1) is 7.15. The Labute approximate surface area is 96.2 Å². The Hall–Kier alpha value is -1.41. The van der Waals surface area contributed by atoms with Crippen molar-refractivity contribution >= 4 is 15.9 Å². The molecule has 0 atom stereocenters. The van der Waals surface area contributed by atoms with Crippen LogP contribution in [0.25, 0.3) is 0 Å². The van der Waals surface area contributed by atoms with Crippen molar-refractivity contribution in [2.24, 2.45) is 0 Å². The van der Waals surface area contributed by atoms with E-state index in [0.29, 0.717) is 21.5 Å². The summed E-state index contributed by atoms with van der Waals surface area (Å²) in [5, 5.41) is 18.3. The minimum absolute atomic E-state index is 0.00606. The summed E-state index contributed by atoms with van der Waals surface area (Å²) in [4.78, 5) is 0. The maximum Gasteiger partial charge on any atom is 0.144 e. The number of ether oxygens (including phenoxy) is 2. The topological polar surface area (TPSA) is 62.5 Å². The third-order valence-electron chi connectivity index (χ3n) is 1.95. The van der Waals surface area contributed by atoms with Crippen LogP contribution in [0.4, 0.5) is 0 Å². The number of phenolic OH excluding ortho intramolecular Hbond substituents is 1. The van der Waals surface area contributed by atoms with Gasteiger partial charge in [-0.2, -0.15) is 5.26 Å². The number of benzene rings is 1. The molecule has 0 saturated heterocycles. The molecule has 15 heavy (non-hydrogen) atoms. The molecular weight excluding hydrogens is 262 g/mol. The number of methoxy groups -OCH3 is 2. The molecule has 1 aromatic carbocycles. The normalized spacial score (nSPS) is 9.47. The second-order valence-electron chi connectivity index (χ2n) is 2.76. The monoisotopic (exact) mass is 271 g/mol. The second kappa shape index (κ2) is 4.89. The van der Waals surface area contributed by atoms with Crippen LogP contribution in [0.1, 0.15) is 5.56 Å². The van der Waals surface area contributed by atoms with E-state index in [-0.39, 0.29) is 12.2 Å². The van der Waals surface area contributed by atoms with E-state index in [9.17, 15) is 5.11 Å². The lowest BCUT2D eigenvalue weighted by molar-refractivity contribution is 0.376. The van der Waals surface area contributed by atoms with E-state index in [1.165, 1.54) is 20.3 Å². The molecule has 0 aromatic heterocycles. The van der Waals surface area contributed by atoms with Crippen LogP contribution < -0.4 is 9.47 Å². The molecule has 80 valence electrons. The molecule has 0 aliphatic heterocycles. The minimum Gasteiger partial charge on any atom is -0.507 e. The molecule has 0 bridgehead atoms. The molecule has 0 heterocycles. The zero-order valence-corrected chi connectivity index (χ0v) is 9.96. The summed E-state index contributed by atoms with van der Waals surface area (Å²) in [5.74, 6) is 0.882. The van der Waals surface area contributed by atoms with Crippen molar-refractivity contribution in [3.63, 3.8) is 0 Å². The first kappa shape index (κ1) is 11.7. The minimum atomic E-state index is -0.00606. The van der Waals surface area contributed by atoms with Gasteiger partial charge in [-0.3, -0.25) is 0 Å². The molecule has 4 nitrogen and oxygen atoms in total. The summed E-state index contributed by atoms with van der Waals surface area (Å²) in [7, 11) is 2.96. The molecule has 0 fully saturated rings. The quantitative estimate of drug-likeness (QED) is 0.916. The fourth-order valence-corrected chi connectivity index (χ4v) is 1.92. The summed E-state index contributed by atoms with van der Waals surface area (Å²) < 4.78 is 10.7. The zero-order valence-electron chi connectivity index (χ0n) is 8.37. The van der Waals surface area contributed by atoms with Crippen molar-refractivity contribution in [1.29, 1.82) is 5.26 Å². The number of aromatic hydroxyl groups is 1. The van der Waals surface area contributed by atoms with Gasteiger partial charge in [-0.05, 0) is 15.9 Å². The lowest BCUT2D eigenvalue weighted by Gasteiger charge is -2.13. The zero-order chi connectivity index (χ0) is 11.4. The molecule has 1 rings (SSSR count). The Morgan fingerprint density at radius 2 is 2.13 bits per heavy atom. The number of hydrogen-bond donors (Lipinski definition) is 1. The highest BCUT2D eigenvalue weighted by Gasteiger charge is 2.17. The molecule has 0 aliphatic rings. The Bertz CT molecular complexity index is 412. The lowest BCUT2D eigenvalue weighted by Crippen LogP contribution is -1.96. The maximum absolute atomic E-state index is 9.66. The van der Waals surface area contributed by atoms with Crippen molar-refractivity contribution in [3.05, 3.63) is 16.1 Å². The molecule has 0 amide bonds. The van der Waals surface area contributed by atoms with Gasteiger partial charge in [-0.15, -0.1) is 0 Å². The summed E-state index contributed by atoms with van der Waals surface area (Å²) >= 11 is 3.29. The third kappa shape index (κ3) is 2.16. The van der Waals surface area contributed by atoms with Crippen molar-refractivity contribution < 1.29 is 14.6 Å². The summed E-state index contributed by atoms with van der Waals surface area (Å²) in [6, 6.07) is 3.41. The highest BCUT2D eigenvalue weighted by Crippen LogP contribution is 2.42. The van der Waals surface area contributed by atoms with Crippen LogP contribution >= 0.6 is 15.9 Å². The molecule has 1 N–H and O–H groups in total. The molecule has 5 heteroatoms. The summed E-state index contributed by atoms with van der Waals surface area (Å²) in [6.07, 6.45) is 0.0810. The molecular formula is C10H10BrNO3. The second-order valence-corrected chi connectivity index (χ2v) is 3.55. The van der Waals surface area contributed by atoms with E-state index in [2.05, 4.69) is 15.9 Å². The SMILES string of the molecule is COc1cc(O)c(CC#N)c(OC)c1Br. The highest BCUT2D eigenvalue weighted by molar-refractivity contribution is 9.10. The molecule has 1 aromatic rings. The van der Waals surface area contributed by atoms with Crippen LogP contribution in [-0.2, 0) is 6.42 Å². The Kier molecular flexibility index (Phi) is 3.81. The van der Waals surface area contributed by atoms with Gasteiger partial charge in [0.15, 0.2) is 0 Å². The summed E-state index contributed by atoms with van der Waals surface area (Å²) in [5.41, 5.74) is 0.452. The third-order valence-corrected chi connectivity index (χ3v) is 2.70. The average molecular weight is 272 g/mol. The van der Waals surface area contributed by atoms with Crippen molar-refractivity contribution in [2.45, 2.75) is 6.42 Å². The smallest absolute Gasteiger partial charge is 0.144 e. The fraction of sp³-hybridized carbons (Fsp3) is 0.300. The Morgan fingerprint density at radius 3 is 2.60 bits per heavy atom. The van der Waals surface area contributed by atoms with Crippen LogP contribution in [0.15, 0.2) is 10.5 Å². The number of halogens is 1. The standard InChI is InChI=1S/C10H10BrNO3/c1-14-8-5-7(13)6(3-4-12)10(15-2)9(8)11/h5,13H,3H2,1-2H3. The van der Waals surface area contributed by atoms with Gasteiger partial charge in [0, 0.05) is 6.07 Å². The van der Waals surface area contributed by atoms with Gasteiger partial charge in [0.05, 0.1) is 32.3 Å². The largest absolute Gasteiger partial charge is 0.507 e. The number of phenols is 1. The van der Waals surface area contributed by atoms with Gasteiger partial charge in [0.2, 0.25) is 0 Å². The van der Waals surface area contributed by atoms with E-state index >= 15 is 0 Å². The predicted molar refractivity (Wildman–Crippen MR) is 58.2 cm³/mol. The molecule has 0 saturated carbocycles. The van der Waals surface area contributed by atoms with Crippen LogP contribution in [0.3, 0.4) is 0 Å². The lowest BCUT2D eigenvalue weighted by atomic mass is 10.1. The van der Waals surface area contributed by atoms with Crippen LogP contribution in [-0.4, -0.2) is 19.3 Å². The van der Waals surface area contributed by atoms with E-state index in [1.807, 2.05) is 6.07 Å². The van der Waals surface area contributed by atoms with Crippen LogP contribution in [0.2, 0.25) is 0 Å². The van der Waals surface area contributed by atoms with Crippen LogP contribution in [0, 0.1) is 11.3 Å². The van der Waals surface area contributed by atoms with Gasteiger partial charge >= 0.3 is 0 Å². The Morgan fingerprint density at radius 1 is 1.47 bits per heavy atom.